The van der Waals surface area contributed by atoms with Crippen molar-refractivity contribution in [1.29, 1.82) is 0 Å². The molecule has 0 unspecified atom stereocenters. The van der Waals surface area contributed by atoms with Crippen molar-refractivity contribution in [3.63, 3.8) is 0 Å². The van der Waals surface area contributed by atoms with Gasteiger partial charge in [0, 0.05) is 0 Å². The zero-order valence-corrected chi connectivity index (χ0v) is 7.27. The summed E-state index contributed by atoms with van der Waals surface area (Å²) in [6.07, 6.45) is 1.30. The molecule has 0 bridgehead atoms. The SMILES string of the molecule is C[C@@H]1CCCN(C[B-](F)(F)F)C1. The van der Waals surface area contributed by atoms with E-state index < -0.39 is 13.4 Å². The first-order valence-corrected chi connectivity index (χ1v) is 4.41. The van der Waals surface area contributed by atoms with Gasteiger partial charge in [0.05, 0.1) is 0 Å². The Kier molecular flexibility index (Phi) is 3.04. The van der Waals surface area contributed by atoms with E-state index in [1.165, 1.54) is 4.90 Å². The average Bonchev–Trinajstić information content (AvgIpc) is 1.82. The normalized spacial score (nSPS) is 27.5. The van der Waals surface area contributed by atoms with Crippen molar-refractivity contribution in [1.82, 2.24) is 4.90 Å². The maximum atomic E-state index is 12.0. The molecule has 1 atom stereocenters. The summed E-state index contributed by atoms with van der Waals surface area (Å²) in [5.41, 5.74) is 0. The lowest BCUT2D eigenvalue weighted by molar-refractivity contribution is 0.192. The summed E-state index contributed by atoms with van der Waals surface area (Å²) in [5, 5.41) is 0. The van der Waals surface area contributed by atoms with Crippen molar-refractivity contribution in [3.05, 3.63) is 0 Å². The number of likely N-dealkylation sites (tertiary alicyclic amines) is 1. The molecule has 0 amide bonds. The van der Waals surface area contributed by atoms with Crippen LogP contribution in [0.2, 0.25) is 0 Å². The fourth-order valence-electron chi connectivity index (χ4n) is 1.75. The molecule has 72 valence electrons. The monoisotopic (exact) mass is 180 g/mol. The molecule has 0 aliphatic carbocycles. The van der Waals surface area contributed by atoms with Crippen LogP contribution in [0.3, 0.4) is 0 Å². The number of nitrogens with zero attached hydrogens (tertiary/aromatic N) is 1. The Morgan fingerprint density at radius 3 is 2.58 bits per heavy atom. The maximum absolute atomic E-state index is 12.0. The molecule has 1 heterocycles. The molecule has 0 aromatic heterocycles. The second-order valence-electron chi connectivity index (χ2n) is 3.72. The Labute approximate surface area is 71.0 Å². The van der Waals surface area contributed by atoms with E-state index in [1.807, 2.05) is 6.92 Å². The summed E-state index contributed by atoms with van der Waals surface area (Å²) in [6, 6.07) is 0. The summed E-state index contributed by atoms with van der Waals surface area (Å²) < 4.78 is 36.0. The fraction of sp³-hybridized carbons (Fsp3) is 1.00. The van der Waals surface area contributed by atoms with Crippen LogP contribution in [-0.2, 0) is 0 Å². The van der Waals surface area contributed by atoms with Gasteiger partial charge >= 0.3 is 6.98 Å². The van der Waals surface area contributed by atoms with E-state index >= 15 is 0 Å². The third kappa shape index (κ3) is 3.47. The van der Waals surface area contributed by atoms with Gasteiger partial charge in [-0.25, -0.2) is 0 Å². The Bertz CT molecular complexity index is 148. The topological polar surface area (TPSA) is 3.24 Å². The van der Waals surface area contributed by atoms with Gasteiger partial charge in [0.2, 0.25) is 0 Å². The predicted molar refractivity (Wildman–Crippen MR) is 43.9 cm³/mol. The van der Waals surface area contributed by atoms with Crippen LogP contribution < -0.4 is 0 Å². The van der Waals surface area contributed by atoms with Gasteiger partial charge in [-0.3, -0.25) is 0 Å². The summed E-state index contributed by atoms with van der Waals surface area (Å²) in [5.74, 6) is 0.428. The third-order valence-corrected chi connectivity index (χ3v) is 2.21. The molecule has 0 aromatic rings. The number of halogens is 3. The van der Waals surface area contributed by atoms with Crippen molar-refractivity contribution in [3.8, 4) is 0 Å². The molecule has 5 heteroatoms. The highest BCUT2D eigenvalue weighted by atomic mass is 19.4. The van der Waals surface area contributed by atoms with Crippen molar-refractivity contribution in [2.75, 3.05) is 19.5 Å². The molecule has 1 rings (SSSR count). The summed E-state index contributed by atoms with van der Waals surface area (Å²) in [7, 11) is 0. The van der Waals surface area contributed by atoms with E-state index in [4.69, 9.17) is 0 Å². The molecule has 12 heavy (non-hydrogen) atoms. The van der Waals surface area contributed by atoms with Crippen molar-refractivity contribution >= 4 is 6.98 Å². The Hall–Kier alpha value is -0.185. The molecular weight excluding hydrogens is 166 g/mol. The standard InChI is InChI=1S/C7H14BF3N/c1-7-3-2-4-12(5-7)6-8(9,10)11/h7H,2-6H2,1H3/q-1/t7-/m1/s1. The number of piperidine rings is 1. The first kappa shape index (κ1) is 9.90. The number of hydrogen-bond acceptors (Lipinski definition) is 1. The summed E-state index contributed by atoms with van der Waals surface area (Å²) in [6.45, 7) is -1.39. The quantitative estimate of drug-likeness (QED) is 0.588. The van der Waals surface area contributed by atoms with Gasteiger partial charge in [-0.2, -0.15) is 0 Å². The molecule has 1 aliphatic rings. The van der Waals surface area contributed by atoms with E-state index in [0.29, 0.717) is 19.0 Å². The molecule has 1 saturated heterocycles. The third-order valence-electron chi connectivity index (χ3n) is 2.21. The molecule has 0 radical (unpaired) electrons. The second kappa shape index (κ2) is 3.68. The molecule has 1 fully saturated rings. The van der Waals surface area contributed by atoms with E-state index in [-0.39, 0.29) is 0 Å². The zero-order chi connectivity index (χ0) is 9.19. The van der Waals surface area contributed by atoms with Gasteiger partial charge in [-0.1, -0.05) is 6.92 Å². The van der Waals surface area contributed by atoms with E-state index in [9.17, 15) is 12.9 Å². The minimum atomic E-state index is -4.62. The fourth-order valence-corrected chi connectivity index (χ4v) is 1.75. The van der Waals surface area contributed by atoms with E-state index in [2.05, 4.69) is 0 Å². The van der Waals surface area contributed by atoms with Crippen LogP contribution in [0.1, 0.15) is 19.8 Å². The van der Waals surface area contributed by atoms with Gasteiger partial charge in [-0.05, 0) is 38.3 Å². The number of hydrogen-bond donors (Lipinski definition) is 0. The summed E-state index contributed by atoms with van der Waals surface area (Å²) >= 11 is 0. The molecular formula is C7H14BF3N-. The van der Waals surface area contributed by atoms with Crippen molar-refractivity contribution < 1.29 is 12.9 Å². The first-order chi connectivity index (χ1) is 5.47. The largest absolute Gasteiger partial charge is 0.492 e. The van der Waals surface area contributed by atoms with Gasteiger partial charge < -0.3 is 17.8 Å². The van der Waals surface area contributed by atoms with Gasteiger partial charge in [-0.15, -0.1) is 0 Å². The lowest BCUT2D eigenvalue weighted by Crippen LogP contribution is -2.43. The molecule has 1 nitrogen and oxygen atoms in total. The molecule has 1 aliphatic heterocycles. The summed E-state index contributed by atoms with van der Waals surface area (Å²) in [4.78, 5) is 1.52. The van der Waals surface area contributed by atoms with Crippen LogP contribution in [0, 0.1) is 5.92 Å². The van der Waals surface area contributed by atoms with Crippen LogP contribution in [-0.4, -0.2) is 31.4 Å². The van der Waals surface area contributed by atoms with Gasteiger partial charge in [0.15, 0.2) is 0 Å². The Morgan fingerprint density at radius 2 is 2.08 bits per heavy atom. The van der Waals surface area contributed by atoms with Gasteiger partial charge in [0.25, 0.3) is 0 Å². The highest BCUT2D eigenvalue weighted by Gasteiger charge is 2.28. The van der Waals surface area contributed by atoms with Crippen LogP contribution in [0.25, 0.3) is 0 Å². The lowest BCUT2D eigenvalue weighted by atomic mass is 9.88. The van der Waals surface area contributed by atoms with Crippen molar-refractivity contribution in [2.45, 2.75) is 19.8 Å². The van der Waals surface area contributed by atoms with Crippen LogP contribution in [0.5, 0.6) is 0 Å². The van der Waals surface area contributed by atoms with Crippen LogP contribution in [0.4, 0.5) is 12.9 Å². The minimum absolute atomic E-state index is 0.428. The van der Waals surface area contributed by atoms with Crippen LogP contribution in [0.15, 0.2) is 0 Å². The van der Waals surface area contributed by atoms with Gasteiger partial charge in [0.1, 0.15) is 0 Å². The molecule has 0 saturated carbocycles. The van der Waals surface area contributed by atoms with Crippen molar-refractivity contribution in [2.24, 2.45) is 5.92 Å². The lowest BCUT2D eigenvalue weighted by Gasteiger charge is -2.34. The molecule has 0 aromatic carbocycles. The smallest absolute Gasteiger partial charge is 0.448 e. The maximum Gasteiger partial charge on any atom is 0.492 e. The van der Waals surface area contributed by atoms with E-state index in [0.717, 1.165) is 12.8 Å². The average molecular weight is 180 g/mol. The van der Waals surface area contributed by atoms with Crippen LogP contribution >= 0.6 is 0 Å². The Morgan fingerprint density at radius 1 is 1.42 bits per heavy atom. The van der Waals surface area contributed by atoms with E-state index in [1.54, 1.807) is 0 Å². The Balaban J connectivity index is 2.32. The minimum Gasteiger partial charge on any atom is -0.448 e. The molecule has 0 spiro atoms. The first-order valence-electron chi connectivity index (χ1n) is 4.41. The predicted octanol–water partition coefficient (Wildman–Crippen LogP) is 2.10. The number of rotatable bonds is 2. The zero-order valence-electron chi connectivity index (χ0n) is 7.27. The second-order valence-corrected chi connectivity index (χ2v) is 3.72. The highest BCUT2D eigenvalue weighted by Crippen LogP contribution is 2.18. The highest BCUT2D eigenvalue weighted by molar-refractivity contribution is 6.58. The molecule has 0 N–H and O–H groups in total.